The minimum atomic E-state index is 0.523. The fourth-order valence-electron chi connectivity index (χ4n) is 5.67. The Balaban J connectivity index is 1.65. The highest BCUT2D eigenvalue weighted by atomic mass is 15.0. The molecule has 0 saturated heterocycles. The second-order valence-electron chi connectivity index (χ2n) is 11.1. The lowest BCUT2D eigenvalue weighted by atomic mass is 9.99. The molecule has 0 aliphatic rings. The van der Waals surface area contributed by atoms with Crippen LogP contribution in [0.2, 0.25) is 0 Å². The number of nitriles is 2. The maximum atomic E-state index is 9.36. The Hall–Kier alpha value is -6.36. The normalized spacial score (nSPS) is 12.4. The van der Waals surface area contributed by atoms with E-state index in [-0.39, 0.29) is 0 Å². The van der Waals surface area contributed by atoms with Crippen molar-refractivity contribution in [2.24, 2.45) is 5.73 Å². The van der Waals surface area contributed by atoms with Crippen molar-refractivity contribution in [1.29, 1.82) is 10.5 Å². The van der Waals surface area contributed by atoms with E-state index in [1.807, 2.05) is 43.3 Å². The lowest BCUT2D eigenvalue weighted by molar-refractivity contribution is 1.10. The molecule has 4 heteroatoms. The second-order valence-corrected chi connectivity index (χ2v) is 11.1. The number of benzene rings is 4. The second kappa shape index (κ2) is 14.6. The van der Waals surface area contributed by atoms with E-state index in [2.05, 4.69) is 116 Å². The highest BCUT2D eigenvalue weighted by molar-refractivity contribution is 5.97. The smallest absolute Gasteiger partial charge is 0.0988 e. The Morgan fingerprint density at radius 2 is 1.53 bits per heavy atom. The number of nitrogens with two attached hydrogens (primary N) is 1. The summed E-state index contributed by atoms with van der Waals surface area (Å²) >= 11 is 0. The van der Waals surface area contributed by atoms with Crippen LogP contribution in [0.1, 0.15) is 34.9 Å². The Morgan fingerprint density at radius 3 is 2.23 bits per heavy atom. The summed E-state index contributed by atoms with van der Waals surface area (Å²) in [6.45, 7) is 11.9. The Morgan fingerprint density at radius 1 is 0.809 bits per heavy atom. The van der Waals surface area contributed by atoms with Gasteiger partial charge < -0.3 is 10.3 Å². The van der Waals surface area contributed by atoms with Crippen LogP contribution in [0.5, 0.6) is 0 Å². The van der Waals surface area contributed by atoms with Gasteiger partial charge in [-0.3, -0.25) is 0 Å². The van der Waals surface area contributed by atoms with Gasteiger partial charge in [0.05, 0.1) is 23.3 Å². The largest absolute Gasteiger partial charge is 0.398 e. The zero-order valence-electron chi connectivity index (χ0n) is 26.7. The molecule has 4 nitrogen and oxygen atoms in total. The summed E-state index contributed by atoms with van der Waals surface area (Å²) < 4.78 is 2.30. The monoisotopic (exact) mass is 608 g/mol. The third kappa shape index (κ3) is 6.99. The van der Waals surface area contributed by atoms with E-state index >= 15 is 0 Å². The lowest BCUT2D eigenvalue weighted by Crippen LogP contribution is -1.98. The highest BCUT2D eigenvalue weighted by Crippen LogP contribution is 2.35. The van der Waals surface area contributed by atoms with E-state index in [0.717, 1.165) is 61.2 Å². The van der Waals surface area contributed by atoms with Crippen molar-refractivity contribution < 1.29 is 0 Å². The van der Waals surface area contributed by atoms with Gasteiger partial charge in [-0.15, -0.1) is 0 Å². The topological polar surface area (TPSA) is 78.5 Å². The first-order valence-corrected chi connectivity index (χ1v) is 15.4. The van der Waals surface area contributed by atoms with Crippen LogP contribution in [-0.2, 0) is 6.42 Å². The Labute approximate surface area is 277 Å². The highest BCUT2D eigenvalue weighted by Gasteiger charge is 2.16. The first-order chi connectivity index (χ1) is 22.9. The number of allylic oxidation sites excluding steroid dienone is 8. The molecule has 0 bridgehead atoms. The lowest BCUT2D eigenvalue weighted by Gasteiger charge is -2.12. The van der Waals surface area contributed by atoms with Gasteiger partial charge in [0.1, 0.15) is 0 Å². The van der Waals surface area contributed by atoms with E-state index in [1.165, 1.54) is 0 Å². The molecule has 0 unspecified atom stereocenters. The molecule has 0 amide bonds. The summed E-state index contributed by atoms with van der Waals surface area (Å²) in [7, 11) is 0. The van der Waals surface area contributed by atoms with E-state index in [0.29, 0.717) is 23.3 Å². The zero-order chi connectivity index (χ0) is 33.3. The number of rotatable bonds is 10. The fourth-order valence-corrected chi connectivity index (χ4v) is 5.67. The first kappa shape index (κ1) is 32.0. The van der Waals surface area contributed by atoms with E-state index in [9.17, 15) is 10.5 Å². The predicted octanol–water partition coefficient (Wildman–Crippen LogP) is 10.3. The molecule has 2 N–H and O–H groups in total. The molecule has 5 aromatic rings. The van der Waals surface area contributed by atoms with E-state index in [1.54, 1.807) is 18.2 Å². The van der Waals surface area contributed by atoms with Crippen LogP contribution < -0.4 is 5.73 Å². The van der Waals surface area contributed by atoms with Crippen LogP contribution in [0.15, 0.2) is 152 Å². The molecule has 0 atom stereocenters. The quantitative estimate of drug-likeness (QED) is 0.127. The summed E-state index contributed by atoms with van der Waals surface area (Å²) in [4.78, 5) is 0. The molecule has 4 aromatic carbocycles. The van der Waals surface area contributed by atoms with Gasteiger partial charge in [0.15, 0.2) is 0 Å². The molecule has 0 aliphatic carbocycles. The van der Waals surface area contributed by atoms with Crippen LogP contribution >= 0.6 is 0 Å². The van der Waals surface area contributed by atoms with Gasteiger partial charge in [-0.1, -0.05) is 110 Å². The average Bonchev–Trinajstić information content (AvgIpc) is 3.40. The number of aromatic nitrogens is 1. The van der Waals surface area contributed by atoms with Gasteiger partial charge in [0.2, 0.25) is 0 Å². The minimum Gasteiger partial charge on any atom is -0.398 e. The molecule has 47 heavy (non-hydrogen) atoms. The van der Waals surface area contributed by atoms with E-state index in [4.69, 9.17) is 5.73 Å². The first-order valence-electron chi connectivity index (χ1n) is 15.4. The van der Waals surface area contributed by atoms with Gasteiger partial charge in [-0.25, -0.2) is 0 Å². The number of nitrogens with zero attached hydrogens (tertiary/aromatic N) is 3. The van der Waals surface area contributed by atoms with Gasteiger partial charge in [-0.05, 0) is 95.6 Å². The summed E-state index contributed by atoms with van der Waals surface area (Å²) in [6, 6.07) is 37.7. The van der Waals surface area contributed by atoms with Gasteiger partial charge in [-0.2, -0.15) is 10.5 Å². The summed E-state index contributed by atoms with van der Waals surface area (Å²) in [5.74, 6) is 0. The van der Waals surface area contributed by atoms with Crippen molar-refractivity contribution in [2.45, 2.75) is 20.3 Å². The molecular weight excluding hydrogens is 573 g/mol. The van der Waals surface area contributed by atoms with Crippen molar-refractivity contribution in [1.82, 2.24) is 4.57 Å². The SMILES string of the molecule is C=C/C(C#N)=C\Cc1cccc(/C(C=C)=C/c2c(C)c3ccc(-c4cccc(/C(N)=C/C(C#N)=C\C)c4)cc3n2-c2ccccc2)c1. The summed E-state index contributed by atoms with van der Waals surface area (Å²) in [5, 5.41) is 19.8. The molecular formula is C43H36N4. The van der Waals surface area contributed by atoms with Crippen molar-refractivity contribution in [3.63, 3.8) is 0 Å². The van der Waals surface area contributed by atoms with Crippen molar-refractivity contribution in [2.75, 3.05) is 0 Å². The fraction of sp³-hybridized carbons (Fsp3) is 0.0698. The third-order valence-corrected chi connectivity index (χ3v) is 8.24. The predicted molar refractivity (Wildman–Crippen MR) is 197 cm³/mol. The minimum absolute atomic E-state index is 0.523. The van der Waals surface area contributed by atoms with Crippen LogP contribution in [0.4, 0.5) is 0 Å². The molecule has 1 heterocycles. The van der Waals surface area contributed by atoms with Gasteiger partial charge in [0.25, 0.3) is 0 Å². The molecule has 5 rings (SSSR count). The van der Waals surface area contributed by atoms with Gasteiger partial charge in [0, 0.05) is 27.9 Å². The van der Waals surface area contributed by atoms with Crippen molar-refractivity contribution in [3.05, 3.63) is 180 Å². The van der Waals surface area contributed by atoms with Crippen LogP contribution in [-0.4, -0.2) is 4.57 Å². The maximum absolute atomic E-state index is 9.36. The molecule has 0 saturated carbocycles. The zero-order valence-corrected chi connectivity index (χ0v) is 26.7. The Kier molecular flexibility index (Phi) is 9.96. The molecule has 0 aliphatic heterocycles. The van der Waals surface area contributed by atoms with Crippen LogP contribution in [0, 0.1) is 29.6 Å². The number of para-hydroxylation sites is 1. The molecule has 228 valence electrons. The Bertz CT molecular complexity index is 2190. The molecule has 0 radical (unpaired) electrons. The maximum Gasteiger partial charge on any atom is 0.0988 e. The van der Waals surface area contributed by atoms with Crippen molar-refractivity contribution in [3.8, 4) is 29.0 Å². The molecule has 1 aromatic heterocycles. The third-order valence-electron chi connectivity index (χ3n) is 8.24. The van der Waals surface area contributed by atoms with E-state index < -0.39 is 0 Å². The number of hydrogen-bond donors (Lipinski definition) is 1. The molecule has 0 fully saturated rings. The number of fused-ring (bicyclic) bond motifs is 1. The summed E-state index contributed by atoms with van der Waals surface area (Å²) in [5.41, 5.74) is 18.5. The molecule has 0 spiro atoms. The van der Waals surface area contributed by atoms with Crippen LogP contribution in [0.3, 0.4) is 0 Å². The number of aryl methyl sites for hydroxylation is 1. The standard InChI is InChI=1S/C43H36N4/c1-5-31(28-44)19-20-33-13-11-14-35(23-33)34(7-3)26-42-30(4)40-22-21-37(27-43(40)47(42)39-17-9-8-10-18-39)36-15-12-16-38(25-36)41(46)24-32(6-2)29-45/h5-19,21-27H,1,3,20,46H2,2,4H3/b31-19+,32-6+,34-26+,41-24-. The van der Waals surface area contributed by atoms with Crippen LogP contribution in [0.25, 0.3) is 45.1 Å². The van der Waals surface area contributed by atoms with Crippen molar-refractivity contribution >= 4 is 28.2 Å². The summed E-state index contributed by atoms with van der Waals surface area (Å²) in [6.07, 6.45) is 11.7. The average molecular weight is 609 g/mol. The van der Waals surface area contributed by atoms with Gasteiger partial charge >= 0.3 is 0 Å². The number of hydrogen-bond acceptors (Lipinski definition) is 3.